The number of imidazole rings is 1. The predicted molar refractivity (Wildman–Crippen MR) is 106 cm³/mol. The first-order chi connectivity index (χ1) is 14.1. The Bertz CT molecular complexity index is 1130. The minimum absolute atomic E-state index is 0.263. The molecule has 0 amide bonds. The Hall–Kier alpha value is -3.01. The molecular formula is C19H18F2N6OS. The van der Waals surface area contributed by atoms with Crippen LogP contribution in [0, 0.1) is 0 Å². The van der Waals surface area contributed by atoms with Crippen molar-refractivity contribution >= 4 is 22.8 Å². The number of nitrogens with zero attached hydrogens (tertiary/aromatic N) is 6. The number of ether oxygens (including phenoxy) is 1. The van der Waals surface area contributed by atoms with Crippen LogP contribution in [-0.4, -0.2) is 36.4 Å². The number of para-hydroxylation sites is 4. The molecule has 10 heteroatoms. The van der Waals surface area contributed by atoms with Gasteiger partial charge in [0, 0.05) is 0 Å². The van der Waals surface area contributed by atoms with Crippen LogP contribution >= 0.6 is 11.8 Å². The standard InChI is InChI=1S/C19H18F2N6OS/c1-3-28-16-11-7-6-10-15(16)27-19(23-24-25-27)29-12(2)17-22-13-8-4-5-9-14(13)26(17)18(20)21/h4-12,18H,3H2,1-2H3. The molecule has 0 spiro atoms. The third-order valence-corrected chi connectivity index (χ3v) is 5.33. The van der Waals surface area contributed by atoms with Crippen LogP contribution in [-0.2, 0) is 0 Å². The van der Waals surface area contributed by atoms with Crippen molar-refractivity contribution in [2.75, 3.05) is 6.61 Å². The van der Waals surface area contributed by atoms with Crippen molar-refractivity contribution in [3.8, 4) is 11.4 Å². The van der Waals surface area contributed by atoms with Crippen LogP contribution in [0.5, 0.6) is 5.75 Å². The van der Waals surface area contributed by atoms with Gasteiger partial charge in [-0.15, -0.1) is 5.10 Å². The molecule has 0 aliphatic carbocycles. The number of hydrogen-bond donors (Lipinski definition) is 0. The SMILES string of the molecule is CCOc1ccccc1-n1nnnc1SC(C)c1nc2ccccc2n1C(F)F. The summed E-state index contributed by atoms with van der Waals surface area (Å²) in [5.41, 5.74) is 1.60. The fraction of sp³-hybridized carbons (Fsp3) is 0.263. The van der Waals surface area contributed by atoms with Crippen molar-refractivity contribution in [3.05, 3.63) is 54.4 Å². The van der Waals surface area contributed by atoms with Crippen molar-refractivity contribution in [2.45, 2.75) is 30.8 Å². The third kappa shape index (κ3) is 3.67. The number of hydrogen-bond acceptors (Lipinski definition) is 6. The lowest BCUT2D eigenvalue weighted by molar-refractivity contribution is 0.0715. The molecule has 1 atom stereocenters. The summed E-state index contributed by atoms with van der Waals surface area (Å²) in [6.45, 7) is 1.49. The van der Waals surface area contributed by atoms with Gasteiger partial charge in [0.05, 0.1) is 22.9 Å². The van der Waals surface area contributed by atoms with Crippen LogP contribution in [0.25, 0.3) is 16.7 Å². The van der Waals surface area contributed by atoms with E-state index in [1.165, 1.54) is 11.8 Å². The zero-order valence-corrected chi connectivity index (χ0v) is 16.6. The molecule has 2 heterocycles. The Morgan fingerprint density at radius 3 is 2.66 bits per heavy atom. The fourth-order valence-corrected chi connectivity index (χ4v) is 3.99. The van der Waals surface area contributed by atoms with Crippen LogP contribution < -0.4 is 4.74 Å². The summed E-state index contributed by atoms with van der Waals surface area (Å²) >= 11 is 1.25. The van der Waals surface area contributed by atoms with Gasteiger partial charge in [-0.05, 0) is 48.5 Å². The van der Waals surface area contributed by atoms with Crippen molar-refractivity contribution < 1.29 is 13.5 Å². The molecule has 2 aromatic heterocycles. The Kier molecular flexibility index (Phi) is 5.43. The van der Waals surface area contributed by atoms with Gasteiger partial charge in [-0.2, -0.15) is 13.5 Å². The number of aromatic nitrogens is 6. The zero-order chi connectivity index (χ0) is 20.4. The molecule has 29 heavy (non-hydrogen) atoms. The minimum Gasteiger partial charge on any atom is -0.492 e. The first-order valence-corrected chi connectivity index (χ1v) is 9.90. The molecule has 2 aromatic carbocycles. The molecule has 0 aliphatic rings. The maximum Gasteiger partial charge on any atom is 0.320 e. The maximum atomic E-state index is 13.8. The molecule has 0 bridgehead atoms. The average molecular weight is 416 g/mol. The second-order valence-electron chi connectivity index (χ2n) is 6.14. The lowest BCUT2D eigenvalue weighted by Gasteiger charge is -2.14. The van der Waals surface area contributed by atoms with Crippen LogP contribution in [0.4, 0.5) is 8.78 Å². The van der Waals surface area contributed by atoms with E-state index in [0.29, 0.717) is 34.2 Å². The van der Waals surface area contributed by atoms with Gasteiger partial charge < -0.3 is 4.74 Å². The molecule has 7 nitrogen and oxygen atoms in total. The van der Waals surface area contributed by atoms with Crippen LogP contribution in [0.3, 0.4) is 0 Å². The summed E-state index contributed by atoms with van der Waals surface area (Å²) in [6, 6.07) is 14.2. The average Bonchev–Trinajstić information content (AvgIpc) is 3.33. The molecule has 0 radical (unpaired) electrons. The van der Waals surface area contributed by atoms with E-state index in [0.717, 1.165) is 4.57 Å². The number of alkyl halides is 2. The second kappa shape index (κ2) is 8.16. The summed E-state index contributed by atoms with van der Waals surface area (Å²) < 4.78 is 35.7. The van der Waals surface area contributed by atoms with Gasteiger partial charge in [-0.3, -0.25) is 4.57 Å². The van der Waals surface area contributed by atoms with Gasteiger partial charge in [-0.25, -0.2) is 4.98 Å². The predicted octanol–water partition coefficient (Wildman–Crippen LogP) is 4.66. The van der Waals surface area contributed by atoms with Gasteiger partial charge in [0.25, 0.3) is 0 Å². The van der Waals surface area contributed by atoms with Crippen LogP contribution in [0.2, 0.25) is 0 Å². The molecule has 4 aromatic rings. The number of tetrazole rings is 1. The number of fused-ring (bicyclic) bond motifs is 1. The van der Waals surface area contributed by atoms with Gasteiger partial charge in [0.1, 0.15) is 17.3 Å². The monoisotopic (exact) mass is 416 g/mol. The molecule has 0 aliphatic heterocycles. The van der Waals surface area contributed by atoms with E-state index in [-0.39, 0.29) is 5.82 Å². The van der Waals surface area contributed by atoms with E-state index in [1.54, 1.807) is 35.9 Å². The normalized spacial score (nSPS) is 12.6. The molecule has 0 saturated carbocycles. The molecule has 0 fully saturated rings. The van der Waals surface area contributed by atoms with E-state index in [4.69, 9.17) is 4.74 Å². The summed E-state index contributed by atoms with van der Waals surface area (Å²) in [7, 11) is 0. The van der Waals surface area contributed by atoms with E-state index in [2.05, 4.69) is 20.5 Å². The van der Waals surface area contributed by atoms with E-state index >= 15 is 0 Å². The maximum absolute atomic E-state index is 13.8. The molecular weight excluding hydrogens is 398 g/mol. The van der Waals surface area contributed by atoms with Crippen LogP contribution in [0.1, 0.15) is 31.5 Å². The topological polar surface area (TPSA) is 70.7 Å². The summed E-state index contributed by atoms with van der Waals surface area (Å²) in [5, 5.41) is 11.9. The lowest BCUT2D eigenvalue weighted by atomic mass is 10.3. The van der Waals surface area contributed by atoms with Crippen molar-refractivity contribution in [1.29, 1.82) is 0 Å². The van der Waals surface area contributed by atoms with Gasteiger partial charge >= 0.3 is 6.55 Å². The Balaban J connectivity index is 1.70. The molecule has 4 rings (SSSR count). The first-order valence-electron chi connectivity index (χ1n) is 9.02. The Morgan fingerprint density at radius 1 is 1.10 bits per heavy atom. The highest BCUT2D eigenvalue weighted by Gasteiger charge is 2.25. The molecule has 0 saturated heterocycles. The second-order valence-corrected chi connectivity index (χ2v) is 7.45. The smallest absolute Gasteiger partial charge is 0.320 e. The fourth-order valence-electron chi connectivity index (χ4n) is 3.08. The van der Waals surface area contributed by atoms with Crippen molar-refractivity contribution in [2.24, 2.45) is 0 Å². The number of rotatable bonds is 7. The highest BCUT2D eigenvalue weighted by Crippen LogP contribution is 2.37. The molecule has 1 unspecified atom stereocenters. The molecule has 0 N–H and O–H groups in total. The number of thioether (sulfide) groups is 1. The van der Waals surface area contributed by atoms with Gasteiger partial charge in [0.2, 0.25) is 5.16 Å². The van der Waals surface area contributed by atoms with E-state index < -0.39 is 11.8 Å². The Morgan fingerprint density at radius 2 is 1.86 bits per heavy atom. The van der Waals surface area contributed by atoms with E-state index in [1.807, 2.05) is 31.2 Å². The van der Waals surface area contributed by atoms with Crippen molar-refractivity contribution in [1.82, 2.24) is 29.8 Å². The third-order valence-electron chi connectivity index (χ3n) is 4.30. The highest BCUT2D eigenvalue weighted by atomic mass is 32.2. The van der Waals surface area contributed by atoms with Crippen LogP contribution in [0.15, 0.2) is 53.7 Å². The summed E-state index contributed by atoms with van der Waals surface area (Å²) in [5.74, 6) is 0.899. The lowest BCUT2D eigenvalue weighted by Crippen LogP contribution is -2.08. The van der Waals surface area contributed by atoms with Crippen molar-refractivity contribution in [3.63, 3.8) is 0 Å². The zero-order valence-electron chi connectivity index (χ0n) is 15.7. The number of halogens is 2. The van der Waals surface area contributed by atoms with Gasteiger partial charge in [-0.1, -0.05) is 36.0 Å². The van der Waals surface area contributed by atoms with E-state index in [9.17, 15) is 8.78 Å². The minimum atomic E-state index is -2.70. The first kappa shape index (κ1) is 19.3. The summed E-state index contributed by atoms with van der Waals surface area (Å²) in [4.78, 5) is 4.42. The van der Waals surface area contributed by atoms with Gasteiger partial charge in [0.15, 0.2) is 0 Å². The summed E-state index contributed by atoms with van der Waals surface area (Å²) in [6.07, 6.45) is 0. The Labute approximate surface area is 169 Å². The largest absolute Gasteiger partial charge is 0.492 e. The number of benzene rings is 2. The quantitative estimate of drug-likeness (QED) is 0.408. The highest BCUT2D eigenvalue weighted by molar-refractivity contribution is 7.99. The molecule has 150 valence electrons.